The van der Waals surface area contributed by atoms with Crippen molar-refractivity contribution < 1.29 is 4.74 Å². The first kappa shape index (κ1) is 12.4. The van der Waals surface area contributed by atoms with Gasteiger partial charge in [-0.3, -0.25) is 0 Å². The third-order valence-electron chi connectivity index (χ3n) is 4.03. The molecule has 0 amide bonds. The molecule has 0 aromatic carbocycles. The van der Waals surface area contributed by atoms with Gasteiger partial charge in [0.05, 0.1) is 12.2 Å². The van der Waals surface area contributed by atoms with E-state index in [1.54, 1.807) is 0 Å². The van der Waals surface area contributed by atoms with E-state index >= 15 is 0 Å². The molecule has 2 nitrogen and oxygen atoms in total. The summed E-state index contributed by atoms with van der Waals surface area (Å²) in [4.78, 5) is 0. The van der Waals surface area contributed by atoms with E-state index in [1.165, 1.54) is 57.8 Å². The van der Waals surface area contributed by atoms with Crippen LogP contribution in [0.3, 0.4) is 0 Å². The van der Waals surface area contributed by atoms with Crippen LogP contribution >= 0.6 is 0 Å². The molecule has 2 aliphatic rings. The van der Waals surface area contributed by atoms with Crippen molar-refractivity contribution in [2.45, 2.75) is 83.0 Å². The van der Waals surface area contributed by atoms with Gasteiger partial charge in [-0.1, -0.05) is 32.1 Å². The zero-order valence-electron chi connectivity index (χ0n) is 10.7. The summed E-state index contributed by atoms with van der Waals surface area (Å²) in [5.41, 5.74) is 0. The molecule has 0 aromatic heterocycles. The molecule has 1 N–H and O–H groups in total. The van der Waals surface area contributed by atoms with Gasteiger partial charge in [-0.2, -0.15) is 0 Å². The lowest BCUT2D eigenvalue weighted by Crippen LogP contribution is -2.37. The van der Waals surface area contributed by atoms with Gasteiger partial charge < -0.3 is 10.1 Å². The Kier molecular flexibility index (Phi) is 5.11. The van der Waals surface area contributed by atoms with Crippen LogP contribution in [0.2, 0.25) is 0 Å². The second-order valence-corrected chi connectivity index (χ2v) is 5.60. The van der Waals surface area contributed by atoms with E-state index in [4.69, 9.17) is 4.74 Å². The highest BCUT2D eigenvalue weighted by molar-refractivity contribution is 4.74. The Bertz CT molecular complexity index is 183. The third-order valence-corrected chi connectivity index (χ3v) is 4.03. The van der Waals surface area contributed by atoms with Crippen LogP contribution in [0.15, 0.2) is 0 Å². The molecule has 0 saturated heterocycles. The first-order valence-corrected chi connectivity index (χ1v) is 7.23. The van der Waals surface area contributed by atoms with Crippen molar-refractivity contribution in [2.75, 3.05) is 6.54 Å². The number of ether oxygens (including phenoxy) is 1. The van der Waals surface area contributed by atoms with E-state index < -0.39 is 0 Å². The Hall–Kier alpha value is -0.0800. The Labute approximate surface area is 100 Å². The van der Waals surface area contributed by atoms with Gasteiger partial charge in [0.25, 0.3) is 0 Å². The van der Waals surface area contributed by atoms with Gasteiger partial charge in [0.1, 0.15) is 0 Å². The quantitative estimate of drug-likeness (QED) is 0.775. The number of rotatable bonds is 5. The van der Waals surface area contributed by atoms with Crippen LogP contribution in [0.4, 0.5) is 0 Å². The van der Waals surface area contributed by atoms with Gasteiger partial charge in [0.15, 0.2) is 0 Å². The predicted molar refractivity (Wildman–Crippen MR) is 67.7 cm³/mol. The van der Waals surface area contributed by atoms with E-state index in [2.05, 4.69) is 12.2 Å². The summed E-state index contributed by atoms with van der Waals surface area (Å²) >= 11 is 0. The van der Waals surface area contributed by atoms with Crippen LogP contribution in [0.1, 0.15) is 64.7 Å². The molecule has 2 aliphatic carbocycles. The Morgan fingerprint density at radius 2 is 1.62 bits per heavy atom. The van der Waals surface area contributed by atoms with Crippen molar-refractivity contribution in [3.8, 4) is 0 Å². The molecule has 0 bridgehead atoms. The Morgan fingerprint density at radius 3 is 2.31 bits per heavy atom. The molecule has 1 unspecified atom stereocenters. The lowest BCUT2D eigenvalue weighted by atomic mass is 9.95. The summed E-state index contributed by atoms with van der Waals surface area (Å²) in [6.45, 7) is 3.26. The predicted octanol–water partition coefficient (Wildman–Crippen LogP) is 3.26. The normalized spacial score (nSPS) is 26.1. The van der Waals surface area contributed by atoms with Crippen molar-refractivity contribution in [1.82, 2.24) is 5.32 Å². The van der Waals surface area contributed by atoms with E-state index in [1.807, 2.05) is 0 Å². The summed E-state index contributed by atoms with van der Waals surface area (Å²) in [7, 11) is 0. The smallest absolute Gasteiger partial charge is 0.0675 e. The summed E-state index contributed by atoms with van der Waals surface area (Å²) in [6.07, 6.45) is 13.3. The maximum Gasteiger partial charge on any atom is 0.0675 e. The molecule has 2 heteroatoms. The van der Waals surface area contributed by atoms with E-state index in [-0.39, 0.29) is 0 Å². The van der Waals surface area contributed by atoms with Crippen molar-refractivity contribution in [3.05, 3.63) is 0 Å². The first-order valence-electron chi connectivity index (χ1n) is 7.23. The molecular weight excluding hydrogens is 198 g/mol. The fraction of sp³-hybridized carbons (Fsp3) is 1.00. The summed E-state index contributed by atoms with van der Waals surface area (Å²) < 4.78 is 6.04. The minimum atomic E-state index is 0.394. The standard InChI is InChI=1S/C14H27NO/c1-12(16-14-9-5-6-10-14)11-15-13-7-3-2-4-8-13/h12-15H,2-11H2,1H3. The molecular formula is C14H27NO. The van der Waals surface area contributed by atoms with Crippen LogP contribution in [0.5, 0.6) is 0 Å². The highest BCUT2D eigenvalue weighted by atomic mass is 16.5. The van der Waals surface area contributed by atoms with Crippen LogP contribution in [0.25, 0.3) is 0 Å². The molecule has 1 atom stereocenters. The number of hydrogen-bond donors (Lipinski definition) is 1. The van der Waals surface area contributed by atoms with Crippen molar-refractivity contribution in [3.63, 3.8) is 0 Å². The maximum atomic E-state index is 6.04. The summed E-state index contributed by atoms with van der Waals surface area (Å²) in [5.74, 6) is 0. The highest BCUT2D eigenvalue weighted by Crippen LogP contribution is 2.22. The minimum absolute atomic E-state index is 0.394. The number of hydrogen-bond acceptors (Lipinski definition) is 2. The Balaban J connectivity index is 1.57. The topological polar surface area (TPSA) is 21.3 Å². The fourth-order valence-electron chi connectivity index (χ4n) is 3.04. The second kappa shape index (κ2) is 6.61. The van der Waals surface area contributed by atoms with Crippen LogP contribution in [-0.4, -0.2) is 24.8 Å². The average molecular weight is 225 g/mol. The maximum absolute atomic E-state index is 6.04. The largest absolute Gasteiger partial charge is 0.374 e. The van der Waals surface area contributed by atoms with Crippen molar-refractivity contribution in [1.29, 1.82) is 0 Å². The highest BCUT2D eigenvalue weighted by Gasteiger charge is 2.19. The number of nitrogens with one attached hydrogen (secondary N) is 1. The third kappa shape index (κ3) is 4.06. The monoisotopic (exact) mass is 225 g/mol. The van der Waals surface area contributed by atoms with Crippen molar-refractivity contribution >= 4 is 0 Å². The molecule has 0 spiro atoms. The lowest BCUT2D eigenvalue weighted by Gasteiger charge is -2.25. The summed E-state index contributed by atoms with van der Waals surface area (Å²) in [5, 5.41) is 3.67. The summed E-state index contributed by atoms with van der Waals surface area (Å²) in [6, 6.07) is 0.767. The average Bonchev–Trinajstić information content (AvgIpc) is 2.81. The SMILES string of the molecule is CC(CNC1CCCCC1)OC1CCCC1. The molecule has 0 aliphatic heterocycles. The zero-order chi connectivity index (χ0) is 11.2. The van der Waals surface area contributed by atoms with E-state index in [0.29, 0.717) is 12.2 Å². The van der Waals surface area contributed by atoms with Gasteiger partial charge in [0.2, 0.25) is 0 Å². The molecule has 0 aromatic rings. The lowest BCUT2D eigenvalue weighted by molar-refractivity contribution is 0.00134. The zero-order valence-corrected chi connectivity index (χ0v) is 10.7. The minimum Gasteiger partial charge on any atom is -0.374 e. The van der Waals surface area contributed by atoms with Crippen LogP contribution in [-0.2, 0) is 4.74 Å². The molecule has 16 heavy (non-hydrogen) atoms. The van der Waals surface area contributed by atoms with Crippen molar-refractivity contribution in [2.24, 2.45) is 0 Å². The van der Waals surface area contributed by atoms with Gasteiger partial charge in [0, 0.05) is 12.6 Å². The van der Waals surface area contributed by atoms with Gasteiger partial charge in [-0.15, -0.1) is 0 Å². The van der Waals surface area contributed by atoms with Gasteiger partial charge >= 0.3 is 0 Å². The van der Waals surface area contributed by atoms with Gasteiger partial charge in [-0.05, 0) is 32.6 Å². The van der Waals surface area contributed by atoms with Gasteiger partial charge in [-0.25, -0.2) is 0 Å². The fourth-order valence-corrected chi connectivity index (χ4v) is 3.04. The molecule has 2 fully saturated rings. The molecule has 2 saturated carbocycles. The second-order valence-electron chi connectivity index (χ2n) is 5.60. The molecule has 0 radical (unpaired) electrons. The van der Waals surface area contributed by atoms with E-state index in [9.17, 15) is 0 Å². The molecule has 0 heterocycles. The van der Waals surface area contributed by atoms with E-state index in [0.717, 1.165) is 12.6 Å². The Morgan fingerprint density at radius 1 is 1.00 bits per heavy atom. The van der Waals surface area contributed by atoms with Crippen LogP contribution < -0.4 is 5.32 Å². The molecule has 94 valence electrons. The van der Waals surface area contributed by atoms with Crippen LogP contribution in [0, 0.1) is 0 Å². The molecule has 2 rings (SSSR count). The first-order chi connectivity index (χ1) is 7.84.